The van der Waals surface area contributed by atoms with E-state index in [0.29, 0.717) is 17.8 Å². The van der Waals surface area contributed by atoms with E-state index in [9.17, 15) is 14.4 Å². The van der Waals surface area contributed by atoms with E-state index in [-0.39, 0.29) is 31.0 Å². The second kappa shape index (κ2) is 6.55. The molecular formula is C11H15N3O4. The van der Waals surface area contributed by atoms with E-state index in [2.05, 4.69) is 17.2 Å². The van der Waals surface area contributed by atoms with E-state index in [1.165, 1.54) is 11.7 Å². The molecule has 0 saturated carbocycles. The summed E-state index contributed by atoms with van der Waals surface area (Å²) >= 11 is 0. The predicted molar refractivity (Wildman–Crippen MR) is 61.9 cm³/mol. The van der Waals surface area contributed by atoms with Gasteiger partial charge in [0.05, 0.1) is 0 Å². The maximum atomic E-state index is 11.5. The Morgan fingerprint density at radius 2 is 2.11 bits per heavy atom. The van der Waals surface area contributed by atoms with Crippen LogP contribution in [0.3, 0.4) is 0 Å². The Morgan fingerprint density at radius 3 is 2.72 bits per heavy atom. The van der Waals surface area contributed by atoms with Crippen LogP contribution in [0.15, 0.2) is 24.2 Å². The zero-order valence-corrected chi connectivity index (χ0v) is 9.78. The van der Waals surface area contributed by atoms with E-state index in [1.54, 1.807) is 0 Å². The van der Waals surface area contributed by atoms with Crippen molar-refractivity contribution in [2.75, 3.05) is 0 Å². The number of hydroxylamine groups is 1. The summed E-state index contributed by atoms with van der Waals surface area (Å²) < 4.78 is 0. The lowest BCUT2D eigenvalue weighted by atomic mass is 10.0. The standard InChI is InChI=1S/C11H15N3O4/c1-7-12-6-8(11(17)13-7)5-9(15)3-2-4-10(16)14-18/h6,12,18H,1-5H2,(H,13,17)(H,14,16). The Morgan fingerprint density at radius 1 is 1.39 bits per heavy atom. The van der Waals surface area contributed by atoms with Gasteiger partial charge in [0.15, 0.2) is 0 Å². The highest BCUT2D eigenvalue weighted by molar-refractivity contribution is 6.00. The van der Waals surface area contributed by atoms with Crippen LogP contribution < -0.4 is 16.1 Å². The first-order valence-corrected chi connectivity index (χ1v) is 5.43. The van der Waals surface area contributed by atoms with Gasteiger partial charge >= 0.3 is 0 Å². The molecule has 0 unspecified atom stereocenters. The molecule has 0 radical (unpaired) electrons. The van der Waals surface area contributed by atoms with Crippen LogP contribution in [-0.4, -0.2) is 22.8 Å². The van der Waals surface area contributed by atoms with Crippen LogP contribution >= 0.6 is 0 Å². The zero-order valence-electron chi connectivity index (χ0n) is 9.78. The lowest BCUT2D eigenvalue weighted by Gasteiger charge is -2.16. The van der Waals surface area contributed by atoms with Crippen molar-refractivity contribution in [2.45, 2.75) is 25.7 Å². The third-order valence-electron chi connectivity index (χ3n) is 2.35. The number of hydrogen-bond acceptors (Lipinski definition) is 5. The van der Waals surface area contributed by atoms with Gasteiger partial charge < -0.3 is 10.6 Å². The fourth-order valence-electron chi connectivity index (χ4n) is 1.43. The molecule has 1 rings (SSSR count). The lowest BCUT2D eigenvalue weighted by Crippen LogP contribution is -2.35. The first kappa shape index (κ1) is 13.9. The lowest BCUT2D eigenvalue weighted by molar-refractivity contribution is -0.129. The van der Waals surface area contributed by atoms with Gasteiger partial charge in [-0.25, -0.2) is 5.48 Å². The van der Waals surface area contributed by atoms with Gasteiger partial charge in [-0.15, -0.1) is 0 Å². The largest absolute Gasteiger partial charge is 0.348 e. The Kier molecular flexibility index (Phi) is 5.06. The fraction of sp³-hybridized carbons (Fsp3) is 0.364. The molecule has 1 aliphatic heterocycles. The van der Waals surface area contributed by atoms with Crippen molar-refractivity contribution >= 4 is 17.6 Å². The molecule has 7 heteroatoms. The normalized spacial score (nSPS) is 14.4. The number of Topliss-reactive ketones (excluding diaryl/α,β-unsaturated/α-hetero) is 1. The summed E-state index contributed by atoms with van der Waals surface area (Å²) in [5.74, 6) is -0.650. The predicted octanol–water partition coefficient (Wildman–Crippen LogP) is -0.304. The van der Waals surface area contributed by atoms with E-state index in [4.69, 9.17) is 5.21 Å². The quantitative estimate of drug-likeness (QED) is 0.384. The molecule has 0 atom stereocenters. The SMILES string of the molecule is C=C1NC=C(CC(=O)CCCC(=O)NO)C(=O)N1. The molecule has 0 bridgehead atoms. The van der Waals surface area contributed by atoms with Crippen LogP contribution in [0.25, 0.3) is 0 Å². The van der Waals surface area contributed by atoms with Crippen LogP contribution in [0.1, 0.15) is 25.7 Å². The molecule has 0 aliphatic carbocycles. The van der Waals surface area contributed by atoms with Gasteiger partial charge in [-0.3, -0.25) is 19.6 Å². The van der Waals surface area contributed by atoms with Crippen LogP contribution in [0, 0.1) is 0 Å². The smallest absolute Gasteiger partial charge is 0.254 e. The second-order valence-corrected chi connectivity index (χ2v) is 3.85. The van der Waals surface area contributed by atoms with Gasteiger partial charge in [0.1, 0.15) is 11.6 Å². The number of ketones is 1. The minimum Gasteiger partial charge on any atom is -0.348 e. The number of nitrogens with one attached hydrogen (secondary N) is 3. The highest BCUT2D eigenvalue weighted by Gasteiger charge is 2.17. The number of amides is 2. The van der Waals surface area contributed by atoms with Crippen LogP contribution in [0.2, 0.25) is 0 Å². The number of carbonyl (C=O) groups is 3. The molecule has 1 aliphatic rings. The van der Waals surface area contributed by atoms with Gasteiger partial charge in [-0.2, -0.15) is 0 Å². The van der Waals surface area contributed by atoms with Gasteiger partial charge in [-0.1, -0.05) is 6.58 Å². The molecule has 18 heavy (non-hydrogen) atoms. The molecular weight excluding hydrogens is 238 g/mol. The van der Waals surface area contributed by atoms with Crippen molar-refractivity contribution in [1.82, 2.24) is 16.1 Å². The van der Waals surface area contributed by atoms with Gasteiger partial charge in [0.25, 0.3) is 5.91 Å². The summed E-state index contributed by atoms with van der Waals surface area (Å²) in [6.07, 6.45) is 2.04. The van der Waals surface area contributed by atoms with Crippen LogP contribution in [-0.2, 0) is 14.4 Å². The number of rotatable bonds is 6. The van der Waals surface area contributed by atoms with Gasteiger partial charge in [-0.05, 0) is 6.42 Å². The van der Waals surface area contributed by atoms with Crippen molar-refractivity contribution in [1.29, 1.82) is 0 Å². The minimum atomic E-state index is -0.532. The van der Waals surface area contributed by atoms with E-state index in [0.717, 1.165) is 0 Å². The van der Waals surface area contributed by atoms with E-state index >= 15 is 0 Å². The highest BCUT2D eigenvalue weighted by atomic mass is 16.5. The Bertz CT molecular complexity index is 415. The third kappa shape index (κ3) is 4.38. The van der Waals surface area contributed by atoms with Crippen molar-refractivity contribution in [2.24, 2.45) is 0 Å². The van der Waals surface area contributed by atoms with Crippen molar-refractivity contribution in [3.05, 3.63) is 24.2 Å². The average Bonchev–Trinajstić information content (AvgIpc) is 2.32. The maximum Gasteiger partial charge on any atom is 0.254 e. The van der Waals surface area contributed by atoms with Crippen LogP contribution in [0.4, 0.5) is 0 Å². The van der Waals surface area contributed by atoms with E-state index in [1.807, 2.05) is 0 Å². The summed E-state index contributed by atoms with van der Waals surface area (Å²) in [6.45, 7) is 3.52. The summed E-state index contributed by atoms with van der Waals surface area (Å²) in [4.78, 5) is 33.7. The van der Waals surface area contributed by atoms with Gasteiger partial charge in [0.2, 0.25) is 5.91 Å². The molecule has 0 spiro atoms. The highest BCUT2D eigenvalue weighted by Crippen LogP contribution is 2.09. The summed E-state index contributed by atoms with van der Waals surface area (Å²) in [5.41, 5.74) is 1.82. The molecule has 0 fully saturated rings. The maximum absolute atomic E-state index is 11.5. The fourth-order valence-corrected chi connectivity index (χ4v) is 1.43. The van der Waals surface area contributed by atoms with Crippen molar-refractivity contribution in [3.63, 3.8) is 0 Å². The topological polar surface area (TPSA) is 108 Å². The second-order valence-electron chi connectivity index (χ2n) is 3.85. The monoisotopic (exact) mass is 253 g/mol. The van der Waals surface area contributed by atoms with Gasteiger partial charge in [0, 0.05) is 31.0 Å². The summed E-state index contributed by atoms with van der Waals surface area (Å²) in [7, 11) is 0. The van der Waals surface area contributed by atoms with Crippen molar-refractivity contribution < 1.29 is 19.6 Å². The molecule has 0 aromatic heterocycles. The molecule has 7 nitrogen and oxygen atoms in total. The Hall–Kier alpha value is -2.15. The first-order chi connectivity index (χ1) is 8.52. The van der Waals surface area contributed by atoms with E-state index < -0.39 is 5.91 Å². The number of carbonyl (C=O) groups excluding carboxylic acids is 3. The minimum absolute atomic E-state index is 0.00680. The molecule has 1 heterocycles. The number of hydrogen-bond donors (Lipinski definition) is 4. The third-order valence-corrected chi connectivity index (χ3v) is 2.35. The average molecular weight is 253 g/mol. The summed E-state index contributed by atoms with van der Waals surface area (Å²) in [5, 5.41) is 13.4. The molecule has 0 aromatic carbocycles. The molecule has 2 amide bonds. The Labute approximate surface area is 104 Å². The van der Waals surface area contributed by atoms with Crippen LogP contribution in [0.5, 0.6) is 0 Å². The Balaban J connectivity index is 2.34. The molecule has 0 saturated heterocycles. The molecule has 0 aromatic rings. The van der Waals surface area contributed by atoms with Crippen molar-refractivity contribution in [3.8, 4) is 0 Å². The molecule has 98 valence electrons. The zero-order chi connectivity index (χ0) is 13.5. The first-order valence-electron chi connectivity index (χ1n) is 5.43. The summed E-state index contributed by atoms with van der Waals surface area (Å²) in [6, 6.07) is 0. The molecule has 4 N–H and O–H groups in total.